The van der Waals surface area contributed by atoms with Crippen molar-refractivity contribution < 1.29 is 9.59 Å². The molecule has 1 saturated carbocycles. The summed E-state index contributed by atoms with van der Waals surface area (Å²) in [6.45, 7) is 1.91. The predicted octanol–water partition coefficient (Wildman–Crippen LogP) is 1.15. The van der Waals surface area contributed by atoms with Gasteiger partial charge in [0.2, 0.25) is 11.8 Å². The highest BCUT2D eigenvalue weighted by atomic mass is 32.2. The van der Waals surface area contributed by atoms with Gasteiger partial charge in [-0.1, -0.05) is 19.8 Å². The topological polar surface area (TPSA) is 72.2 Å². The molecule has 1 fully saturated rings. The summed E-state index contributed by atoms with van der Waals surface area (Å²) in [7, 11) is 0. The Hall–Kier alpha value is -0.710. The fourth-order valence-corrected chi connectivity index (χ4v) is 2.95. The summed E-state index contributed by atoms with van der Waals surface area (Å²) in [4.78, 5) is 23.2. The van der Waals surface area contributed by atoms with Crippen molar-refractivity contribution in [3.8, 4) is 0 Å². The number of hydrogen-bond donors (Lipinski definition) is 2. The zero-order chi connectivity index (χ0) is 12.8. The Kier molecular flexibility index (Phi) is 5.82. The standard InChI is InChI=1S/C12H22N2O2S/c1-8(7-17-2)12(16)14-10-6-4-3-5-9(10)11(13)15/h8-10H,3-7H2,1-2H3,(H2,13,15)(H,14,16)/t8-,9-,10-/m0/s1. The van der Waals surface area contributed by atoms with Crippen molar-refractivity contribution in [3.63, 3.8) is 0 Å². The Morgan fingerprint density at radius 1 is 1.41 bits per heavy atom. The molecule has 0 aromatic rings. The highest BCUT2D eigenvalue weighted by molar-refractivity contribution is 7.98. The van der Waals surface area contributed by atoms with E-state index in [0.29, 0.717) is 0 Å². The first-order valence-electron chi connectivity index (χ1n) is 6.15. The van der Waals surface area contributed by atoms with Crippen molar-refractivity contribution >= 4 is 23.6 Å². The largest absolute Gasteiger partial charge is 0.369 e. The van der Waals surface area contributed by atoms with Crippen LogP contribution < -0.4 is 11.1 Å². The number of thioether (sulfide) groups is 1. The average molecular weight is 258 g/mol. The summed E-state index contributed by atoms with van der Waals surface area (Å²) in [5, 5.41) is 2.98. The summed E-state index contributed by atoms with van der Waals surface area (Å²) >= 11 is 1.65. The summed E-state index contributed by atoms with van der Waals surface area (Å²) in [5.74, 6) is 0.361. The maximum Gasteiger partial charge on any atom is 0.223 e. The second-order valence-electron chi connectivity index (χ2n) is 4.76. The van der Waals surface area contributed by atoms with E-state index >= 15 is 0 Å². The molecule has 3 N–H and O–H groups in total. The number of amides is 2. The summed E-state index contributed by atoms with van der Waals surface area (Å²) < 4.78 is 0. The minimum atomic E-state index is -0.285. The zero-order valence-corrected chi connectivity index (χ0v) is 11.4. The first-order valence-corrected chi connectivity index (χ1v) is 7.54. The van der Waals surface area contributed by atoms with Crippen LogP contribution in [0.2, 0.25) is 0 Å². The molecule has 1 aliphatic carbocycles. The fourth-order valence-electron chi connectivity index (χ4n) is 2.29. The van der Waals surface area contributed by atoms with Crippen LogP contribution >= 0.6 is 11.8 Å². The van der Waals surface area contributed by atoms with Gasteiger partial charge in [-0.15, -0.1) is 0 Å². The molecule has 0 heterocycles. The second kappa shape index (κ2) is 6.89. The molecule has 4 nitrogen and oxygen atoms in total. The highest BCUT2D eigenvalue weighted by Crippen LogP contribution is 2.24. The summed E-state index contributed by atoms with van der Waals surface area (Å²) in [6, 6.07) is -0.0574. The van der Waals surface area contributed by atoms with E-state index in [4.69, 9.17) is 5.73 Å². The SMILES string of the molecule is CSC[C@H](C)C(=O)N[C@H]1CCCC[C@@H]1C(N)=O. The lowest BCUT2D eigenvalue weighted by Crippen LogP contribution is -2.48. The smallest absolute Gasteiger partial charge is 0.223 e. The highest BCUT2D eigenvalue weighted by Gasteiger charge is 2.31. The van der Waals surface area contributed by atoms with Gasteiger partial charge in [-0.2, -0.15) is 11.8 Å². The third kappa shape index (κ3) is 4.22. The molecule has 2 amide bonds. The Balaban J connectivity index is 2.52. The number of nitrogens with one attached hydrogen (secondary N) is 1. The van der Waals surface area contributed by atoms with Crippen molar-refractivity contribution in [1.29, 1.82) is 0 Å². The Morgan fingerprint density at radius 3 is 2.65 bits per heavy atom. The zero-order valence-electron chi connectivity index (χ0n) is 10.6. The molecule has 1 rings (SSSR count). The van der Waals surface area contributed by atoms with Crippen molar-refractivity contribution in [2.24, 2.45) is 17.6 Å². The molecule has 0 aromatic carbocycles. The van der Waals surface area contributed by atoms with Crippen LogP contribution in [0.4, 0.5) is 0 Å². The first kappa shape index (κ1) is 14.4. The van der Waals surface area contributed by atoms with Gasteiger partial charge in [-0.3, -0.25) is 9.59 Å². The van der Waals surface area contributed by atoms with E-state index in [0.717, 1.165) is 31.4 Å². The number of carbonyl (C=O) groups is 2. The first-order chi connectivity index (χ1) is 8.06. The van der Waals surface area contributed by atoms with Crippen LogP contribution in [0.3, 0.4) is 0 Å². The monoisotopic (exact) mass is 258 g/mol. The van der Waals surface area contributed by atoms with Crippen molar-refractivity contribution in [2.45, 2.75) is 38.6 Å². The molecular formula is C12H22N2O2S. The average Bonchev–Trinajstić information content (AvgIpc) is 2.29. The molecular weight excluding hydrogens is 236 g/mol. The van der Waals surface area contributed by atoms with E-state index in [2.05, 4.69) is 5.32 Å². The molecule has 98 valence electrons. The lowest BCUT2D eigenvalue weighted by atomic mass is 9.84. The molecule has 1 aliphatic rings. The second-order valence-corrected chi connectivity index (χ2v) is 5.68. The van der Waals surface area contributed by atoms with Crippen LogP contribution in [0.25, 0.3) is 0 Å². The minimum absolute atomic E-state index is 0.0135. The lowest BCUT2D eigenvalue weighted by Gasteiger charge is -2.30. The molecule has 17 heavy (non-hydrogen) atoms. The molecule has 5 heteroatoms. The van der Waals surface area contributed by atoms with E-state index in [9.17, 15) is 9.59 Å². The fraction of sp³-hybridized carbons (Fsp3) is 0.833. The lowest BCUT2D eigenvalue weighted by molar-refractivity contribution is -0.127. The van der Waals surface area contributed by atoms with E-state index in [-0.39, 0.29) is 29.7 Å². The van der Waals surface area contributed by atoms with Crippen LogP contribution in [-0.2, 0) is 9.59 Å². The third-order valence-corrected chi connectivity index (χ3v) is 4.16. The van der Waals surface area contributed by atoms with Gasteiger partial charge >= 0.3 is 0 Å². The third-order valence-electron chi connectivity index (χ3n) is 3.32. The van der Waals surface area contributed by atoms with Crippen LogP contribution in [0.5, 0.6) is 0 Å². The number of nitrogens with two attached hydrogens (primary N) is 1. The van der Waals surface area contributed by atoms with E-state index in [1.807, 2.05) is 13.2 Å². The van der Waals surface area contributed by atoms with E-state index in [1.54, 1.807) is 11.8 Å². The van der Waals surface area contributed by atoms with E-state index < -0.39 is 0 Å². The van der Waals surface area contributed by atoms with Gasteiger partial charge in [0, 0.05) is 17.7 Å². The normalized spacial score (nSPS) is 26.2. The van der Waals surface area contributed by atoms with Crippen LogP contribution in [0.15, 0.2) is 0 Å². The van der Waals surface area contributed by atoms with Gasteiger partial charge in [0.05, 0.1) is 5.92 Å². The summed E-state index contributed by atoms with van der Waals surface area (Å²) in [5.41, 5.74) is 5.37. The number of hydrogen-bond acceptors (Lipinski definition) is 3. The van der Waals surface area contributed by atoms with Gasteiger partial charge in [-0.25, -0.2) is 0 Å². The van der Waals surface area contributed by atoms with Crippen molar-refractivity contribution in [2.75, 3.05) is 12.0 Å². The summed E-state index contributed by atoms with van der Waals surface area (Å²) in [6.07, 6.45) is 5.74. The molecule has 0 spiro atoms. The van der Waals surface area contributed by atoms with Crippen LogP contribution in [-0.4, -0.2) is 29.9 Å². The van der Waals surface area contributed by atoms with Gasteiger partial charge in [-0.05, 0) is 19.1 Å². The van der Waals surface area contributed by atoms with Gasteiger partial charge in [0.25, 0.3) is 0 Å². The van der Waals surface area contributed by atoms with Crippen molar-refractivity contribution in [3.05, 3.63) is 0 Å². The molecule has 0 unspecified atom stereocenters. The number of primary amides is 1. The van der Waals surface area contributed by atoms with Crippen LogP contribution in [0.1, 0.15) is 32.6 Å². The van der Waals surface area contributed by atoms with Gasteiger partial charge in [0.15, 0.2) is 0 Å². The molecule has 0 aromatic heterocycles. The Labute approximate surface area is 107 Å². The molecule has 0 aliphatic heterocycles. The quantitative estimate of drug-likeness (QED) is 0.777. The molecule has 3 atom stereocenters. The van der Waals surface area contributed by atoms with Crippen LogP contribution in [0, 0.1) is 11.8 Å². The number of carbonyl (C=O) groups excluding carboxylic acids is 2. The molecule has 0 radical (unpaired) electrons. The molecule has 0 bridgehead atoms. The van der Waals surface area contributed by atoms with Gasteiger partial charge < -0.3 is 11.1 Å². The maximum atomic E-state index is 11.9. The Bertz CT molecular complexity index is 284. The maximum absolute atomic E-state index is 11.9. The predicted molar refractivity (Wildman–Crippen MR) is 70.6 cm³/mol. The Morgan fingerprint density at radius 2 is 2.06 bits per heavy atom. The van der Waals surface area contributed by atoms with Crippen molar-refractivity contribution in [1.82, 2.24) is 5.32 Å². The minimum Gasteiger partial charge on any atom is -0.369 e. The number of rotatable bonds is 5. The van der Waals surface area contributed by atoms with Gasteiger partial charge in [0.1, 0.15) is 0 Å². The molecule has 0 saturated heterocycles. The van der Waals surface area contributed by atoms with E-state index in [1.165, 1.54) is 0 Å².